The lowest BCUT2D eigenvalue weighted by Gasteiger charge is -2.23. The first-order valence-electron chi connectivity index (χ1n) is 5.76. The van der Waals surface area contributed by atoms with Crippen LogP contribution in [-0.4, -0.2) is 26.2 Å². The number of para-hydroxylation sites is 1. The largest absolute Gasteiger partial charge is 0.331 e. The molecule has 1 amide bonds. The van der Waals surface area contributed by atoms with Crippen molar-refractivity contribution in [3.05, 3.63) is 47.5 Å². The van der Waals surface area contributed by atoms with Crippen molar-refractivity contribution in [1.29, 1.82) is 0 Å². The van der Waals surface area contributed by atoms with Crippen molar-refractivity contribution < 1.29 is 4.79 Å². The number of carbonyl (C=O) groups excluding carboxylic acids is 1. The minimum Gasteiger partial charge on any atom is -0.331 e. The number of hydrogen-bond donors (Lipinski definition) is 0. The topological polar surface area (TPSA) is 50.5 Å². The van der Waals surface area contributed by atoms with E-state index in [0.29, 0.717) is 18.1 Å². The summed E-state index contributed by atoms with van der Waals surface area (Å²) in [6.45, 7) is 0.574. The molecule has 2 aromatic rings. The number of carbonyl (C=O) groups is 1. The second-order valence-corrected chi connectivity index (χ2v) is 4.51. The van der Waals surface area contributed by atoms with Crippen molar-refractivity contribution in [2.45, 2.75) is 6.54 Å². The molecule has 0 unspecified atom stereocenters. The first kappa shape index (κ1) is 9.58. The Bertz CT molecular complexity index is 714. The fourth-order valence-corrected chi connectivity index (χ4v) is 2.50. The van der Waals surface area contributed by atoms with Gasteiger partial charge in [0.25, 0.3) is 5.91 Å². The zero-order valence-electron chi connectivity index (χ0n) is 9.79. The quantitative estimate of drug-likeness (QED) is 0.697. The molecule has 4 rings (SSSR count). The lowest BCUT2D eigenvalue weighted by atomic mass is 10.1. The number of aromatic nitrogens is 2. The predicted molar refractivity (Wildman–Crippen MR) is 65.7 cm³/mol. The third kappa shape index (κ3) is 1.03. The van der Waals surface area contributed by atoms with Gasteiger partial charge in [-0.05, 0) is 11.6 Å². The Labute approximate surface area is 103 Å². The van der Waals surface area contributed by atoms with E-state index in [1.165, 1.54) is 0 Å². The zero-order valence-corrected chi connectivity index (χ0v) is 9.79. The first-order valence-corrected chi connectivity index (χ1v) is 5.76. The van der Waals surface area contributed by atoms with E-state index >= 15 is 0 Å². The van der Waals surface area contributed by atoms with Crippen LogP contribution in [0.1, 0.15) is 21.7 Å². The molecule has 0 spiro atoms. The van der Waals surface area contributed by atoms with Crippen LogP contribution in [0.5, 0.6) is 0 Å². The third-order valence-electron chi connectivity index (χ3n) is 3.40. The van der Waals surface area contributed by atoms with Crippen molar-refractivity contribution in [1.82, 2.24) is 14.5 Å². The van der Waals surface area contributed by atoms with Crippen LogP contribution in [0.15, 0.2) is 35.6 Å². The Morgan fingerprint density at radius 2 is 2.11 bits per heavy atom. The van der Waals surface area contributed by atoms with Gasteiger partial charge in [0.1, 0.15) is 5.69 Å². The van der Waals surface area contributed by atoms with E-state index in [1.807, 2.05) is 35.9 Å². The molecule has 3 heterocycles. The van der Waals surface area contributed by atoms with Crippen molar-refractivity contribution in [3.8, 4) is 0 Å². The highest BCUT2D eigenvalue weighted by molar-refractivity contribution is 6.22. The van der Waals surface area contributed by atoms with Gasteiger partial charge in [-0.15, -0.1) is 0 Å². The molecule has 5 heteroatoms. The van der Waals surface area contributed by atoms with E-state index in [1.54, 1.807) is 11.2 Å². The van der Waals surface area contributed by atoms with Crippen LogP contribution in [0.4, 0.5) is 5.69 Å². The molecule has 0 saturated heterocycles. The molecular weight excluding hydrogens is 228 g/mol. The number of hydrogen-bond acceptors (Lipinski definition) is 3. The molecule has 18 heavy (non-hydrogen) atoms. The average Bonchev–Trinajstić information content (AvgIpc) is 2.89. The Morgan fingerprint density at radius 1 is 1.28 bits per heavy atom. The smallest absolute Gasteiger partial charge is 0.280 e. The molecule has 2 aliphatic heterocycles. The summed E-state index contributed by atoms with van der Waals surface area (Å²) in [5.74, 6) is 0.660. The van der Waals surface area contributed by atoms with Crippen molar-refractivity contribution in [2.24, 2.45) is 12.0 Å². The summed E-state index contributed by atoms with van der Waals surface area (Å²) < 4.78 is 1.85. The van der Waals surface area contributed by atoms with E-state index in [0.717, 1.165) is 16.9 Å². The van der Waals surface area contributed by atoms with Gasteiger partial charge < -0.3 is 4.57 Å². The lowest BCUT2D eigenvalue weighted by Crippen LogP contribution is -2.32. The monoisotopic (exact) mass is 238 g/mol. The Hall–Kier alpha value is -2.43. The molecule has 0 aliphatic carbocycles. The summed E-state index contributed by atoms with van der Waals surface area (Å²) in [5, 5.41) is 0. The number of amides is 1. The molecule has 0 fully saturated rings. The highest BCUT2D eigenvalue weighted by Gasteiger charge is 2.39. The molecule has 0 bridgehead atoms. The van der Waals surface area contributed by atoms with E-state index in [9.17, 15) is 4.79 Å². The molecule has 0 radical (unpaired) electrons. The maximum absolute atomic E-state index is 12.2. The van der Waals surface area contributed by atoms with Crippen molar-refractivity contribution in [3.63, 3.8) is 0 Å². The van der Waals surface area contributed by atoms with Crippen LogP contribution in [0.2, 0.25) is 0 Å². The fraction of sp³-hybridized carbons (Fsp3) is 0.154. The van der Waals surface area contributed by atoms with Crippen molar-refractivity contribution in [2.75, 3.05) is 0 Å². The van der Waals surface area contributed by atoms with Crippen LogP contribution >= 0.6 is 0 Å². The second kappa shape index (κ2) is 3.07. The summed E-state index contributed by atoms with van der Waals surface area (Å²) in [7, 11) is 1.88. The molecule has 0 atom stereocenters. The number of benzene rings is 1. The van der Waals surface area contributed by atoms with Gasteiger partial charge in [0.05, 0.1) is 18.6 Å². The Balaban J connectivity index is 1.99. The van der Waals surface area contributed by atoms with Crippen LogP contribution in [0.25, 0.3) is 0 Å². The summed E-state index contributed by atoms with van der Waals surface area (Å²) in [4.78, 5) is 22.7. The number of aryl methyl sites for hydroxylation is 1. The highest BCUT2D eigenvalue weighted by atomic mass is 16.2. The number of rotatable bonds is 0. The number of nitrogens with zero attached hydrogens (tertiary/aromatic N) is 4. The van der Waals surface area contributed by atoms with Gasteiger partial charge in [-0.25, -0.2) is 9.98 Å². The Kier molecular flexibility index (Phi) is 1.63. The molecular formula is C13H10N4O. The molecule has 1 aromatic carbocycles. The maximum atomic E-state index is 12.2. The maximum Gasteiger partial charge on any atom is 0.280 e. The molecule has 1 aromatic heterocycles. The van der Waals surface area contributed by atoms with Gasteiger partial charge in [0, 0.05) is 7.05 Å². The standard InChI is InChI=1S/C13H10N4O/c1-16-7-14-10-11(16)12-15-9-5-3-2-4-8(9)6-17(12)13(10)18/h2-5,7H,6H2,1H3. The molecule has 5 nitrogen and oxygen atoms in total. The van der Waals surface area contributed by atoms with Crippen molar-refractivity contribution >= 4 is 17.4 Å². The number of fused-ring (bicyclic) bond motifs is 4. The number of aliphatic imine (C=N–C) groups is 1. The van der Waals surface area contributed by atoms with Gasteiger partial charge in [-0.3, -0.25) is 9.69 Å². The minimum atomic E-state index is -0.0566. The summed E-state index contributed by atoms with van der Waals surface area (Å²) in [6.07, 6.45) is 1.66. The van der Waals surface area contributed by atoms with Crippen LogP contribution in [0, 0.1) is 0 Å². The summed E-state index contributed by atoms with van der Waals surface area (Å²) in [5.41, 5.74) is 3.33. The second-order valence-electron chi connectivity index (χ2n) is 4.51. The van der Waals surface area contributed by atoms with Gasteiger partial charge in [-0.2, -0.15) is 0 Å². The zero-order chi connectivity index (χ0) is 12.3. The molecule has 88 valence electrons. The molecule has 0 N–H and O–H groups in total. The third-order valence-corrected chi connectivity index (χ3v) is 3.40. The fourth-order valence-electron chi connectivity index (χ4n) is 2.50. The number of amidine groups is 1. The van der Waals surface area contributed by atoms with Gasteiger partial charge in [0.2, 0.25) is 0 Å². The summed E-state index contributed by atoms with van der Waals surface area (Å²) >= 11 is 0. The SMILES string of the molecule is Cn1cnc2c1C1=Nc3ccccc3CN1C2=O. The lowest BCUT2D eigenvalue weighted by molar-refractivity contribution is 0.0847. The Morgan fingerprint density at radius 3 is 3.00 bits per heavy atom. The van der Waals surface area contributed by atoms with E-state index in [-0.39, 0.29) is 5.91 Å². The van der Waals surface area contributed by atoms with Crippen LogP contribution in [0.3, 0.4) is 0 Å². The minimum absolute atomic E-state index is 0.0566. The normalized spacial score (nSPS) is 16.2. The van der Waals surface area contributed by atoms with Crippen LogP contribution in [-0.2, 0) is 13.6 Å². The number of imidazole rings is 1. The van der Waals surface area contributed by atoms with Gasteiger partial charge >= 0.3 is 0 Å². The highest BCUT2D eigenvalue weighted by Crippen LogP contribution is 2.33. The van der Waals surface area contributed by atoms with E-state index in [2.05, 4.69) is 9.98 Å². The van der Waals surface area contributed by atoms with Crippen LogP contribution < -0.4 is 0 Å². The van der Waals surface area contributed by atoms with Gasteiger partial charge in [-0.1, -0.05) is 18.2 Å². The first-order chi connectivity index (χ1) is 8.75. The van der Waals surface area contributed by atoms with E-state index in [4.69, 9.17) is 0 Å². The van der Waals surface area contributed by atoms with Gasteiger partial charge in [0.15, 0.2) is 11.5 Å². The van der Waals surface area contributed by atoms with E-state index < -0.39 is 0 Å². The summed E-state index contributed by atoms with van der Waals surface area (Å²) in [6, 6.07) is 7.89. The average molecular weight is 238 g/mol. The molecule has 2 aliphatic rings. The molecule has 0 saturated carbocycles. The predicted octanol–water partition coefficient (Wildman–Crippen LogP) is 1.47.